The van der Waals surface area contributed by atoms with Gasteiger partial charge in [-0.3, -0.25) is 4.90 Å². The van der Waals surface area contributed by atoms with Gasteiger partial charge in [0, 0.05) is 25.1 Å². The minimum Gasteiger partial charge on any atom is -0.387 e. The zero-order valence-corrected chi connectivity index (χ0v) is 15.6. The molecule has 6 heteroatoms. The molecule has 1 saturated carbocycles. The van der Waals surface area contributed by atoms with Crippen molar-refractivity contribution < 1.29 is 18.0 Å². The first kappa shape index (κ1) is 18.8. The molecule has 1 atom stereocenters. The number of piperidine rings is 1. The Balaban J connectivity index is 1.41. The molecular formula is C21H27F3N2O. The number of hydrogen-bond acceptors (Lipinski definition) is 3. The van der Waals surface area contributed by atoms with Crippen LogP contribution in [0.5, 0.6) is 0 Å². The third-order valence-electron chi connectivity index (χ3n) is 6.22. The average molecular weight is 380 g/mol. The molecule has 0 N–H and O–H groups in total. The maximum absolute atomic E-state index is 13.0. The first-order chi connectivity index (χ1) is 12.9. The lowest BCUT2D eigenvalue weighted by molar-refractivity contribution is -0.137. The van der Waals surface area contributed by atoms with Gasteiger partial charge in [0.15, 0.2) is 5.60 Å². The Morgan fingerprint density at radius 3 is 2.74 bits per heavy atom. The fourth-order valence-electron chi connectivity index (χ4n) is 4.85. The van der Waals surface area contributed by atoms with Crippen molar-refractivity contribution in [3.63, 3.8) is 0 Å². The molecule has 27 heavy (non-hydrogen) atoms. The molecule has 1 aromatic rings. The number of hydrogen-bond donors (Lipinski definition) is 0. The number of oxime groups is 1. The second kappa shape index (κ2) is 7.46. The van der Waals surface area contributed by atoms with Crippen LogP contribution in [0.15, 0.2) is 29.4 Å². The van der Waals surface area contributed by atoms with Crippen molar-refractivity contribution in [2.45, 2.75) is 63.1 Å². The van der Waals surface area contributed by atoms with Gasteiger partial charge in [-0.15, -0.1) is 0 Å². The fraction of sp³-hybridized carbons (Fsp3) is 0.667. The predicted octanol–water partition coefficient (Wildman–Crippen LogP) is 5.24. The Hall–Kier alpha value is -1.56. The van der Waals surface area contributed by atoms with Crippen molar-refractivity contribution in [3.8, 4) is 0 Å². The van der Waals surface area contributed by atoms with Crippen LogP contribution in [0.4, 0.5) is 13.2 Å². The first-order valence-electron chi connectivity index (χ1n) is 10.1. The molecule has 4 rings (SSSR count). The number of alkyl halides is 3. The molecule has 1 aliphatic carbocycles. The lowest BCUT2D eigenvalue weighted by Crippen LogP contribution is -2.49. The lowest BCUT2D eigenvalue weighted by atomic mass is 9.84. The average Bonchev–Trinajstić information content (AvgIpc) is 3.05. The molecule has 0 amide bonds. The number of nitrogens with zero attached hydrogens (tertiary/aromatic N) is 2. The van der Waals surface area contributed by atoms with E-state index in [1.165, 1.54) is 44.2 Å². The Morgan fingerprint density at radius 1 is 1.15 bits per heavy atom. The highest BCUT2D eigenvalue weighted by Crippen LogP contribution is 2.37. The van der Waals surface area contributed by atoms with E-state index in [1.54, 1.807) is 6.07 Å². The summed E-state index contributed by atoms with van der Waals surface area (Å²) in [5.41, 5.74) is 0.161. The van der Waals surface area contributed by atoms with Crippen LogP contribution < -0.4 is 0 Å². The molecule has 2 fully saturated rings. The normalized spacial score (nSPS) is 27.6. The van der Waals surface area contributed by atoms with E-state index in [0.717, 1.165) is 44.5 Å². The van der Waals surface area contributed by atoms with Gasteiger partial charge in [-0.2, -0.15) is 13.2 Å². The minimum atomic E-state index is -4.34. The van der Waals surface area contributed by atoms with E-state index < -0.39 is 11.7 Å². The first-order valence-corrected chi connectivity index (χ1v) is 10.1. The van der Waals surface area contributed by atoms with Crippen LogP contribution in [-0.4, -0.2) is 35.8 Å². The summed E-state index contributed by atoms with van der Waals surface area (Å²) in [7, 11) is 0. The highest BCUT2D eigenvalue weighted by Gasteiger charge is 2.43. The topological polar surface area (TPSA) is 24.8 Å². The van der Waals surface area contributed by atoms with Crippen molar-refractivity contribution in [2.24, 2.45) is 11.1 Å². The lowest BCUT2D eigenvalue weighted by Gasteiger charge is -2.40. The molecule has 2 heterocycles. The summed E-state index contributed by atoms with van der Waals surface area (Å²) in [6.45, 7) is 3.03. The van der Waals surface area contributed by atoms with Gasteiger partial charge in [0.05, 0.1) is 11.3 Å². The van der Waals surface area contributed by atoms with Gasteiger partial charge in [-0.05, 0) is 50.3 Å². The highest BCUT2D eigenvalue weighted by molar-refractivity contribution is 6.01. The maximum atomic E-state index is 13.0. The minimum absolute atomic E-state index is 0.365. The molecule has 3 nitrogen and oxygen atoms in total. The van der Waals surface area contributed by atoms with Crippen LogP contribution in [0.2, 0.25) is 0 Å². The fourth-order valence-corrected chi connectivity index (χ4v) is 4.85. The zero-order valence-electron chi connectivity index (χ0n) is 15.6. The summed E-state index contributed by atoms with van der Waals surface area (Å²) >= 11 is 0. The summed E-state index contributed by atoms with van der Waals surface area (Å²) in [6, 6.07) is 5.42. The van der Waals surface area contributed by atoms with Gasteiger partial charge in [-0.25, -0.2) is 0 Å². The van der Waals surface area contributed by atoms with Crippen molar-refractivity contribution in [1.29, 1.82) is 0 Å². The monoisotopic (exact) mass is 380 g/mol. The highest BCUT2D eigenvalue weighted by atomic mass is 19.4. The van der Waals surface area contributed by atoms with E-state index in [0.29, 0.717) is 17.7 Å². The van der Waals surface area contributed by atoms with E-state index in [9.17, 15) is 13.2 Å². The van der Waals surface area contributed by atoms with E-state index in [4.69, 9.17) is 4.84 Å². The molecule has 3 aliphatic rings. The van der Waals surface area contributed by atoms with E-state index in [-0.39, 0.29) is 5.60 Å². The van der Waals surface area contributed by atoms with Crippen LogP contribution in [0.1, 0.15) is 62.5 Å². The Morgan fingerprint density at radius 2 is 1.96 bits per heavy atom. The van der Waals surface area contributed by atoms with E-state index >= 15 is 0 Å². The molecule has 1 saturated heterocycles. The molecule has 1 aromatic carbocycles. The van der Waals surface area contributed by atoms with Crippen LogP contribution in [0, 0.1) is 5.92 Å². The maximum Gasteiger partial charge on any atom is 0.416 e. The van der Waals surface area contributed by atoms with E-state index in [1.807, 2.05) is 0 Å². The van der Waals surface area contributed by atoms with E-state index in [2.05, 4.69) is 10.1 Å². The second-order valence-corrected chi connectivity index (χ2v) is 8.41. The third kappa shape index (κ3) is 4.31. The summed E-state index contributed by atoms with van der Waals surface area (Å²) < 4.78 is 39.0. The quantitative estimate of drug-likeness (QED) is 0.716. The standard InChI is InChI=1S/C21H27F3N2O/c22-21(23,24)18-9-4-8-17(12-18)19-13-20(27-25-19)10-5-11-26(15-20)14-16-6-2-1-3-7-16/h4,8-9,12,16H,1-3,5-7,10-11,13-15H2. The number of halogens is 3. The molecular weight excluding hydrogens is 353 g/mol. The van der Waals surface area contributed by atoms with Gasteiger partial charge < -0.3 is 4.84 Å². The summed E-state index contributed by atoms with van der Waals surface area (Å²) in [5.74, 6) is 0.777. The Bertz CT molecular complexity index is 697. The second-order valence-electron chi connectivity index (χ2n) is 8.41. The van der Waals surface area contributed by atoms with Crippen molar-refractivity contribution in [3.05, 3.63) is 35.4 Å². The van der Waals surface area contributed by atoms with Crippen molar-refractivity contribution in [2.75, 3.05) is 19.6 Å². The molecule has 0 aromatic heterocycles. The van der Waals surface area contributed by atoms with Gasteiger partial charge in [0.2, 0.25) is 0 Å². The summed E-state index contributed by atoms with van der Waals surface area (Å²) in [4.78, 5) is 8.35. The van der Waals surface area contributed by atoms with Gasteiger partial charge in [0.1, 0.15) is 0 Å². The Labute approximate surface area is 158 Å². The number of likely N-dealkylation sites (tertiary alicyclic amines) is 1. The largest absolute Gasteiger partial charge is 0.416 e. The SMILES string of the molecule is FC(F)(F)c1cccc(C2=NOC3(CCCN(CC4CCCCC4)C3)C2)c1. The molecule has 0 radical (unpaired) electrons. The summed E-state index contributed by atoms with van der Waals surface area (Å²) in [5, 5.41) is 4.21. The summed E-state index contributed by atoms with van der Waals surface area (Å²) in [6.07, 6.45) is 4.89. The Kier molecular flexibility index (Phi) is 5.19. The van der Waals surface area contributed by atoms with Crippen LogP contribution >= 0.6 is 0 Å². The zero-order chi connectivity index (χ0) is 18.9. The predicted molar refractivity (Wildman–Crippen MR) is 98.7 cm³/mol. The van der Waals surface area contributed by atoms with Crippen LogP contribution in [-0.2, 0) is 11.0 Å². The molecule has 1 spiro atoms. The molecule has 0 bridgehead atoms. The van der Waals surface area contributed by atoms with Crippen molar-refractivity contribution >= 4 is 5.71 Å². The smallest absolute Gasteiger partial charge is 0.387 e. The third-order valence-corrected chi connectivity index (χ3v) is 6.22. The number of rotatable bonds is 3. The van der Waals surface area contributed by atoms with Gasteiger partial charge in [-0.1, -0.05) is 36.6 Å². The van der Waals surface area contributed by atoms with Crippen LogP contribution in [0.3, 0.4) is 0 Å². The van der Waals surface area contributed by atoms with Crippen molar-refractivity contribution in [1.82, 2.24) is 4.90 Å². The molecule has 2 aliphatic heterocycles. The van der Waals surface area contributed by atoms with Crippen LogP contribution in [0.25, 0.3) is 0 Å². The number of benzene rings is 1. The molecule has 148 valence electrons. The molecule has 1 unspecified atom stereocenters. The van der Waals surface area contributed by atoms with Gasteiger partial charge in [0.25, 0.3) is 0 Å². The van der Waals surface area contributed by atoms with Gasteiger partial charge >= 0.3 is 6.18 Å².